The lowest BCUT2D eigenvalue weighted by molar-refractivity contribution is 0.254. The van der Waals surface area contributed by atoms with Gasteiger partial charge in [-0.25, -0.2) is 8.42 Å². The number of rotatable bonds is 5. The summed E-state index contributed by atoms with van der Waals surface area (Å²) < 4.78 is 30.8. The molecule has 2 unspecified atom stereocenters. The molecule has 5 heteroatoms. The molecule has 1 aromatic rings. The highest BCUT2D eigenvalue weighted by Gasteiger charge is 2.40. The average Bonchev–Trinajstić information content (AvgIpc) is 2.44. The Hall–Kier alpha value is -1.07. The zero-order valence-corrected chi connectivity index (χ0v) is 13.1. The molecule has 0 fully saturated rings. The zero-order chi connectivity index (χ0) is 14.8. The van der Waals surface area contributed by atoms with Crippen molar-refractivity contribution < 1.29 is 13.2 Å². The molecule has 0 radical (unpaired) electrons. The number of nitrogens with one attached hydrogen (secondary N) is 1. The van der Waals surface area contributed by atoms with Crippen LogP contribution < -0.4 is 10.1 Å². The molecule has 1 aromatic carbocycles. The summed E-state index contributed by atoms with van der Waals surface area (Å²) in [6.07, 6.45) is 0.966. The van der Waals surface area contributed by atoms with Gasteiger partial charge in [0.2, 0.25) is 0 Å². The normalized spacial score (nSPS) is 22.4. The third-order valence-electron chi connectivity index (χ3n) is 3.72. The second kappa shape index (κ2) is 6.14. The van der Waals surface area contributed by atoms with Crippen LogP contribution in [0.1, 0.15) is 38.8 Å². The van der Waals surface area contributed by atoms with Crippen LogP contribution in [0.5, 0.6) is 5.75 Å². The van der Waals surface area contributed by atoms with Crippen LogP contribution in [0.25, 0.3) is 0 Å². The highest BCUT2D eigenvalue weighted by Crippen LogP contribution is 2.35. The summed E-state index contributed by atoms with van der Waals surface area (Å²) in [7, 11) is -3.21. The van der Waals surface area contributed by atoms with E-state index in [1.807, 2.05) is 24.3 Å². The molecular formula is C15H23NO3S. The smallest absolute Gasteiger partial charge is 0.160 e. The fourth-order valence-electron chi connectivity index (χ4n) is 2.51. The number of hydrogen-bond acceptors (Lipinski definition) is 4. The molecule has 1 heterocycles. The summed E-state index contributed by atoms with van der Waals surface area (Å²) >= 11 is 0. The van der Waals surface area contributed by atoms with Crippen LogP contribution in [0.2, 0.25) is 0 Å². The Labute approximate surface area is 121 Å². The number of sulfone groups is 1. The van der Waals surface area contributed by atoms with E-state index in [1.165, 1.54) is 0 Å². The van der Waals surface area contributed by atoms with E-state index in [1.54, 1.807) is 13.8 Å². The first kappa shape index (κ1) is 15.3. The second-order valence-corrected chi connectivity index (χ2v) is 8.18. The summed E-state index contributed by atoms with van der Waals surface area (Å²) in [5, 5.41) is 2.46. The van der Waals surface area contributed by atoms with Crippen molar-refractivity contribution in [1.82, 2.24) is 5.32 Å². The van der Waals surface area contributed by atoms with E-state index < -0.39 is 20.3 Å². The molecule has 20 heavy (non-hydrogen) atoms. The van der Waals surface area contributed by atoms with Crippen molar-refractivity contribution in [3.8, 4) is 5.75 Å². The van der Waals surface area contributed by atoms with Crippen molar-refractivity contribution in [3.63, 3.8) is 0 Å². The minimum Gasteiger partial charge on any atom is -0.492 e. The summed E-state index contributed by atoms with van der Waals surface area (Å²) in [4.78, 5) is 0. The van der Waals surface area contributed by atoms with Gasteiger partial charge in [-0.2, -0.15) is 0 Å². The Kier molecular flexibility index (Phi) is 4.70. The van der Waals surface area contributed by atoms with Crippen LogP contribution in [0.15, 0.2) is 24.3 Å². The number of fused-ring (bicyclic) bond motifs is 1. The number of hydrogen-bond donors (Lipinski definition) is 1. The van der Waals surface area contributed by atoms with Gasteiger partial charge in [0.25, 0.3) is 0 Å². The lowest BCUT2D eigenvalue weighted by atomic mass is 10.00. The van der Waals surface area contributed by atoms with Gasteiger partial charge in [-0.1, -0.05) is 25.1 Å². The SMILES string of the molecule is CCCNC1c2ccccc2OCC1S(=O)(=O)C(C)C. The highest BCUT2D eigenvalue weighted by atomic mass is 32.2. The number of ether oxygens (including phenoxy) is 1. The third kappa shape index (κ3) is 2.83. The average molecular weight is 297 g/mol. The van der Waals surface area contributed by atoms with E-state index in [0.29, 0.717) is 0 Å². The topological polar surface area (TPSA) is 55.4 Å². The fraction of sp³-hybridized carbons (Fsp3) is 0.600. The zero-order valence-electron chi connectivity index (χ0n) is 12.3. The first-order valence-electron chi connectivity index (χ1n) is 7.16. The Morgan fingerprint density at radius 2 is 2.05 bits per heavy atom. The van der Waals surface area contributed by atoms with E-state index in [2.05, 4.69) is 12.2 Å². The maximum absolute atomic E-state index is 12.5. The number of benzene rings is 1. The standard InChI is InChI=1S/C15H23NO3S/c1-4-9-16-15-12-7-5-6-8-13(12)19-10-14(15)20(17,18)11(2)3/h5-8,11,14-16H,4,9-10H2,1-3H3. The molecule has 0 saturated heterocycles. The lowest BCUT2D eigenvalue weighted by Crippen LogP contribution is -2.46. The molecule has 1 aliphatic heterocycles. The van der Waals surface area contributed by atoms with Crippen LogP contribution >= 0.6 is 0 Å². The summed E-state index contributed by atoms with van der Waals surface area (Å²) in [6.45, 7) is 6.55. The van der Waals surface area contributed by atoms with Gasteiger partial charge in [-0.3, -0.25) is 0 Å². The molecule has 0 aromatic heterocycles. The summed E-state index contributed by atoms with van der Waals surface area (Å²) in [5.41, 5.74) is 0.946. The molecule has 112 valence electrons. The molecule has 0 amide bonds. The molecule has 0 bridgehead atoms. The van der Waals surface area contributed by atoms with Gasteiger partial charge in [0.15, 0.2) is 9.84 Å². The van der Waals surface area contributed by atoms with Gasteiger partial charge in [0.05, 0.1) is 11.3 Å². The minimum atomic E-state index is -3.21. The molecule has 4 nitrogen and oxygen atoms in total. The first-order valence-corrected chi connectivity index (χ1v) is 8.77. The Morgan fingerprint density at radius 1 is 1.35 bits per heavy atom. The van der Waals surface area contributed by atoms with Crippen LogP contribution in [0.4, 0.5) is 0 Å². The van der Waals surface area contributed by atoms with E-state index in [9.17, 15) is 8.42 Å². The molecule has 0 aliphatic carbocycles. The van der Waals surface area contributed by atoms with Crippen molar-refractivity contribution in [1.29, 1.82) is 0 Å². The number of para-hydroxylation sites is 1. The van der Waals surface area contributed by atoms with E-state index >= 15 is 0 Å². The van der Waals surface area contributed by atoms with Gasteiger partial charge in [0, 0.05) is 5.56 Å². The van der Waals surface area contributed by atoms with Crippen molar-refractivity contribution in [2.75, 3.05) is 13.2 Å². The van der Waals surface area contributed by atoms with Gasteiger partial charge in [-0.05, 0) is 32.9 Å². The monoisotopic (exact) mass is 297 g/mol. The van der Waals surface area contributed by atoms with Crippen LogP contribution in [0.3, 0.4) is 0 Å². The quantitative estimate of drug-likeness (QED) is 0.906. The van der Waals surface area contributed by atoms with Gasteiger partial charge in [-0.15, -0.1) is 0 Å². The lowest BCUT2D eigenvalue weighted by Gasteiger charge is -2.34. The molecule has 1 N–H and O–H groups in total. The van der Waals surface area contributed by atoms with Crippen LogP contribution in [-0.4, -0.2) is 32.1 Å². The van der Waals surface area contributed by atoms with Gasteiger partial charge >= 0.3 is 0 Å². The van der Waals surface area contributed by atoms with Crippen LogP contribution in [-0.2, 0) is 9.84 Å². The van der Waals surface area contributed by atoms with Gasteiger partial charge in [0.1, 0.15) is 17.6 Å². The summed E-state index contributed by atoms with van der Waals surface area (Å²) in [5.74, 6) is 0.788. The van der Waals surface area contributed by atoms with E-state index in [0.717, 1.165) is 24.3 Å². The maximum atomic E-state index is 12.5. The van der Waals surface area contributed by atoms with Gasteiger partial charge < -0.3 is 10.1 Å². The van der Waals surface area contributed by atoms with Crippen LogP contribution in [0, 0.1) is 0 Å². The molecule has 2 rings (SSSR count). The Morgan fingerprint density at radius 3 is 2.70 bits per heavy atom. The maximum Gasteiger partial charge on any atom is 0.160 e. The Bertz CT molecular complexity index is 554. The van der Waals surface area contributed by atoms with Crippen molar-refractivity contribution in [3.05, 3.63) is 29.8 Å². The highest BCUT2D eigenvalue weighted by molar-refractivity contribution is 7.92. The molecule has 1 aliphatic rings. The minimum absolute atomic E-state index is 0.188. The predicted molar refractivity (Wildman–Crippen MR) is 80.8 cm³/mol. The van der Waals surface area contributed by atoms with Crippen molar-refractivity contribution >= 4 is 9.84 Å². The summed E-state index contributed by atoms with van der Waals surface area (Å²) in [6, 6.07) is 7.49. The predicted octanol–water partition coefficient (Wildman–Crippen LogP) is 2.31. The molecule has 2 atom stereocenters. The molecular weight excluding hydrogens is 274 g/mol. The second-order valence-electron chi connectivity index (χ2n) is 5.46. The first-order chi connectivity index (χ1) is 9.48. The Balaban J connectivity index is 2.39. The van der Waals surface area contributed by atoms with E-state index in [-0.39, 0.29) is 12.6 Å². The van der Waals surface area contributed by atoms with Crippen molar-refractivity contribution in [2.24, 2.45) is 0 Å². The fourth-order valence-corrected chi connectivity index (χ4v) is 4.09. The molecule has 0 spiro atoms. The third-order valence-corrected chi connectivity index (χ3v) is 6.29. The molecule has 0 saturated carbocycles. The van der Waals surface area contributed by atoms with Crippen molar-refractivity contribution in [2.45, 2.75) is 43.7 Å². The van der Waals surface area contributed by atoms with E-state index in [4.69, 9.17) is 4.74 Å². The largest absolute Gasteiger partial charge is 0.492 e.